The van der Waals surface area contributed by atoms with Crippen molar-refractivity contribution in [3.05, 3.63) is 28.8 Å². The Kier molecular flexibility index (Phi) is 3.84. The van der Waals surface area contributed by atoms with Gasteiger partial charge in [0.2, 0.25) is 0 Å². The fourth-order valence-corrected chi connectivity index (χ4v) is 2.35. The molecule has 1 aromatic rings. The number of halogens is 1. The van der Waals surface area contributed by atoms with Crippen molar-refractivity contribution in [2.75, 3.05) is 6.26 Å². The molecule has 0 aliphatic heterocycles. The van der Waals surface area contributed by atoms with Gasteiger partial charge in [-0.15, -0.1) is 11.8 Å². The van der Waals surface area contributed by atoms with Crippen molar-refractivity contribution in [2.45, 2.75) is 17.7 Å². The highest BCUT2D eigenvalue weighted by atomic mass is 35.5. The largest absolute Gasteiger partial charge is 0.481 e. The SMILES string of the molecule is CSc1cccc(Cl)c1C(C)C(=O)O. The van der Waals surface area contributed by atoms with Crippen LogP contribution in [-0.2, 0) is 4.79 Å². The van der Waals surface area contributed by atoms with Gasteiger partial charge < -0.3 is 5.11 Å². The predicted octanol–water partition coefficient (Wildman–Crippen LogP) is 3.25. The first-order valence-electron chi connectivity index (χ1n) is 4.13. The molecule has 0 aliphatic rings. The summed E-state index contributed by atoms with van der Waals surface area (Å²) in [4.78, 5) is 11.8. The van der Waals surface area contributed by atoms with E-state index in [-0.39, 0.29) is 0 Å². The van der Waals surface area contributed by atoms with Crippen LogP contribution in [0.25, 0.3) is 0 Å². The van der Waals surface area contributed by atoms with Gasteiger partial charge in [0.25, 0.3) is 0 Å². The normalized spacial score (nSPS) is 12.5. The molecule has 0 amide bonds. The van der Waals surface area contributed by atoms with E-state index in [9.17, 15) is 4.79 Å². The van der Waals surface area contributed by atoms with Crippen molar-refractivity contribution in [1.82, 2.24) is 0 Å². The van der Waals surface area contributed by atoms with Crippen LogP contribution in [0.3, 0.4) is 0 Å². The topological polar surface area (TPSA) is 37.3 Å². The molecular weight excluding hydrogens is 220 g/mol. The highest BCUT2D eigenvalue weighted by molar-refractivity contribution is 7.98. The van der Waals surface area contributed by atoms with Crippen molar-refractivity contribution in [3.63, 3.8) is 0 Å². The van der Waals surface area contributed by atoms with Crippen LogP contribution in [0.1, 0.15) is 18.4 Å². The van der Waals surface area contributed by atoms with E-state index in [1.807, 2.05) is 18.4 Å². The van der Waals surface area contributed by atoms with E-state index in [1.165, 1.54) is 11.8 Å². The summed E-state index contributed by atoms with van der Waals surface area (Å²) < 4.78 is 0. The lowest BCUT2D eigenvalue weighted by Crippen LogP contribution is -2.09. The van der Waals surface area contributed by atoms with Gasteiger partial charge in [0.15, 0.2) is 0 Å². The van der Waals surface area contributed by atoms with Crippen LogP contribution in [-0.4, -0.2) is 17.3 Å². The number of rotatable bonds is 3. The Morgan fingerprint density at radius 1 is 1.57 bits per heavy atom. The molecule has 0 bridgehead atoms. The summed E-state index contributed by atoms with van der Waals surface area (Å²) >= 11 is 7.48. The standard InChI is InChI=1S/C10H11ClO2S/c1-6(10(12)13)9-7(11)4-3-5-8(9)14-2/h3-6H,1-2H3,(H,12,13). The smallest absolute Gasteiger partial charge is 0.310 e. The zero-order valence-electron chi connectivity index (χ0n) is 7.95. The van der Waals surface area contributed by atoms with Crippen molar-refractivity contribution < 1.29 is 9.90 Å². The summed E-state index contributed by atoms with van der Waals surface area (Å²) in [6.45, 7) is 1.64. The first kappa shape index (κ1) is 11.4. The Bertz CT molecular complexity index is 352. The minimum absolute atomic E-state index is 0.520. The second-order valence-electron chi connectivity index (χ2n) is 2.92. The summed E-state index contributed by atoms with van der Waals surface area (Å²) in [7, 11) is 0. The highest BCUT2D eigenvalue weighted by Crippen LogP contribution is 2.33. The van der Waals surface area contributed by atoms with Crippen LogP contribution < -0.4 is 0 Å². The molecule has 1 N–H and O–H groups in total. The maximum atomic E-state index is 10.9. The summed E-state index contributed by atoms with van der Waals surface area (Å²) in [6.07, 6.45) is 1.91. The highest BCUT2D eigenvalue weighted by Gasteiger charge is 2.19. The van der Waals surface area contributed by atoms with Gasteiger partial charge >= 0.3 is 5.97 Å². The summed E-state index contributed by atoms with van der Waals surface area (Å²) in [5.74, 6) is -1.42. The van der Waals surface area contributed by atoms with Crippen molar-refractivity contribution in [2.24, 2.45) is 0 Å². The summed E-state index contributed by atoms with van der Waals surface area (Å²) in [6, 6.07) is 5.42. The Hall–Kier alpha value is -0.670. The Morgan fingerprint density at radius 2 is 2.21 bits per heavy atom. The third kappa shape index (κ3) is 2.22. The Balaban J connectivity index is 3.23. The van der Waals surface area contributed by atoms with E-state index in [0.29, 0.717) is 10.6 Å². The Labute approximate surface area is 92.3 Å². The first-order valence-corrected chi connectivity index (χ1v) is 5.73. The Morgan fingerprint density at radius 3 is 2.71 bits per heavy atom. The molecule has 0 radical (unpaired) electrons. The van der Waals surface area contributed by atoms with Gasteiger partial charge in [-0.1, -0.05) is 17.7 Å². The van der Waals surface area contributed by atoms with Crippen LogP contribution in [0, 0.1) is 0 Å². The van der Waals surface area contributed by atoms with E-state index >= 15 is 0 Å². The number of thioether (sulfide) groups is 1. The van der Waals surface area contributed by atoms with Crippen LogP contribution >= 0.6 is 23.4 Å². The molecule has 0 saturated carbocycles. The molecule has 0 aliphatic carbocycles. The van der Waals surface area contributed by atoms with E-state index < -0.39 is 11.9 Å². The van der Waals surface area contributed by atoms with Gasteiger partial charge in [-0.2, -0.15) is 0 Å². The van der Waals surface area contributed by atoms with Gasteiger partial charge in [0, 0.05) is 9.92 Å². The third-order valence-electron chi connectivity index (χ3n) is 2.04. The summed E-state index contributed by atoms with van der Waals surface area (Å²) in [5.41, 5.74) is 0.703. The van der Waals surface area contributed by atoms with Gasteiger partial charge in [0.05, 0.1) is 5.92 Å². The van der Waals surface area contributed by atoms with Gasteiger partial charge in [0.1, 0.15) is 0 Å². The molecular formula is C10H11ClO2S. The number of hydrogen-bond donors (Lipinski definition) is 1. The number of carboxylic acid groups (broad SMARTS) is 1. The number of hydrogen-bond acceptors (Lipinski definition) is 2. The average Bonchev–Trinajstić information content (AvgIpc) is 2.16. The average molecular weight is 231 g/mol. The molecule has 0 fully saturated rings. The molecule has 2 nitrogen and oxygen atoms in total. The second kappa shape index (κ2) is 4.71. The van der Waals surface area contributed by atoms with Crippen LogP contribution in [0.4, 0.5) is 0 Å². The molecule has 0 spiro atoms. The third-order valence-corrected chi connectivity index (χ3v) is 3.16. The molecule has 0 saturated heterocycles. The lowest BCUT2D eigenvalue weighted by molar-refractivity contribution is -0.138. The van der Waals surface area contributed by atoms with Crippen molar-refractivity contribution >= 4 is 29.3 Å². The maximum Gasteiger partial charge on any atom is 0.310 e. The van der Waals surface area contributed by atoms with E-state index in [1.54, 1.807) is 13.0 Å². The monoisotopic (exact) mass is 230 g/mol. The van der Waals surface area contributed by atoms with Crippen LogP contribution in [0.15, 0.2) is 23.1 Å². The van der Waals surface area contributed by atoms with Gasteiger partial charge in [-0.3, -0.25) is 4.79 Å². The molecule has 1 aromatic carbocycles. The number of carbonyl (C=O) groups is 1. The fraction of sp³-hybridized carbons (Fsp3) is 0.300. The minimum Gasteiger partial charge on any atom is -0.481 e. The molecule has 1 rings (SSSR count). The molecule has 76 valence electrons. The lowest BCUT2D eigenvalue weighted by atomic mass is 10.0. The van der Waals surface area contributed by atoms with Crippen molar-refractivity contribution in [3.8, 4) is 0 Å². The molecule has 14 heavy (non-hydrogen) atoms. The van der Waals surface area contributed by atoms with Gasteiger partial charge in [-0.05, 0) is 30.9 Å². The summed E-state index contributed by atoms with van der Waals surface area (Å²) in [5, 5.41) is 9.43. The molecule has 0 heterocycles. The quantitative estimate of drug-likeness (QED) is 0.810. The predicted molar refractivity (Wildman–Crippen MR) is 59.3 cm³/mol. The fourth-order valence-electron chi connectivity index (χ4n) is 1.24. The molecule has 1 atom stereocenters. The molecule has 1 unspecified atom stereocenters. The molecule has 4 heteroatoms. The first-order chi connectivity index (χ1) is 6.57. The van der Waals surface area contributed by atoms with Crippen LogP contribution in [0.5, 0.6) is 0 Å². The van der Waals surface area contributed by atoms with Crippen molar-refractivity contribution in [1.29, 1.82) is 0 Å². The van der Waals surface area contributed by atoms with E-state index in [0.717, 1.165) is 4.90 Å². The molecule has 0 aromatic heterocycles. The number of carboxylic acids is 1. The second-order valence-corrected chi connectivity index (χ2v) is 4.17. The zero-order valence-corrected chi connectivity index (χ0v) is 9.52. The van der Waals surface area contributed by atoms with Crippen LogP contribution in [0.2, 0.25) is 5.02 Å². The van der Waals surface area contributed by atoms with E-state index in [2.05, 4.69) is 0 Å². The van der Waals surface area contributed by atoms with Gasteiger partial charge in [-0.25, -0.2) is 0 Å². The minimum atomic E-state index is -0.853. The lowest BCUT2D eigenvalue weighted by Gasteiger charge is -2.12. The number of aliphatic carboxylic acids is 1. The zero-order chi connectivity index (χ0) is 10.7. The number of benzene rings is 1. The maximum absolute atomic E-state index is 10.9. The van der Waals surface area contributed by atoms with E-state index in [4.69, 9.17) is 16.7 Å².